The average molecular weight is 223 g/mol. The van der Waals surface area contributed by atoms with E-state index in [1.165, 1.54) is 5.69 Å². The molecule has 0 aliphatic rings. The number of hydrogen-bond donors (Lipinski definition) is 1. The summed E-state index contributed by atoms with van der Waals surface area (Å²) in [5, 5.41) is 0. The quantitative estimate of drug-likeness (QED) is 0.855. The van der Waals surface area contributed by atoms with Gasteiger partial charge in [-0.25, -0.2) is 4.98 Å². The molecule has 0 bridgehead atoms. The first-order valence-electron chi connectivity index (χ1n) is 5.77. The number of hydrogen-bond acceptors (Lipinski definition) is 2. The first kappa shape index (κ1) is 13.2. The summed E-state index contributed by atoms with van der Waals surface area (Å²) < 4.78 is 2.08. The second-order valence-electron chi connectivity index (χ2n) is 6.36. The molecule has 0 aliphatic carbocycles. The van der Waals surface area contributed by atoms with E-state index in [0.717, 1.165) is 0 Å². The molecule has 0 saturated carbocycles. The second kappa shape index (κ2) is 3.59. The molecule has 1 heterocycles. The molecule has 0 saturated heterocycles. The molecule has 0 spiro atoms. The largest absolute Gasteiger partial charge is 0.337 e. The summed E-state index contributed by atoms with van der Waals surface area (Å²) >= 11 is 0. The summed E-state index contributed by atoms with van der Waals surface area (Å²) in [7, 11) is 2.03. The zero-order chi connectivity index (χ0) is 12.8. The van der Waals surface area contributed by atoms with Crippen molar-refractivity contribution in [2.75, 3.05) is 0 Å². The maximum absolute atomic E-state index is 6.33. The fraction of sp³-hybridized carbons (Fsp3) is 0.769. The molecule has 1 aromatic rings. The molecule has 0 unspecified atom stereocenters. The van der Waals surface area contributed by atoms with Gasteiger partial charge in [0.05, 0.1) is 6.33 Å². The van der Waals surface area contributed by atoms with Gasteiger partial charge >= 0.3 is 0 Å². The van der Waals surface area contributed by atoms with Crippen molar-refractivity contribution < 1.29 is 0 Å². The summed E-state index contributed by atoms with van der Waals surface area (Å²) in [5.74, 6) is 0. The SMILES string of the molecule is Cn1cncc1C(C)(C)C(C)(C)C(C)(C)N. The third-order valence-corrected chi connectivity index (χ3v) is 4.63. The van der Waals surface area contributed by atoms with Gasteiger partial charge in [0.25, 0.3) is 0 Å². The molecule has 2 N–H and O–H groups in total. The molecule has 0 aromatic carbocycles. The van der Waals surface area contributed by atoms with Crippen molar-refractivity contribution in [2.45, 2.75) is 52.5 Å². The Morgan fingerprint density at radius 2 is 1.62 bits per heavy atom. The van der Waals surface area contributed by atoms with E-state index >= 15 is 0 Å². The highest BCUT2D eigenvalue weighted by molar-refractivity contribution is 5.20. The predicted molar refractivity (Wildman–Crippen MR) is 68.3 cm³/mol. The molecule has 0 aliphatic heterocycles. The highest BCUT2D eigenvalue weighted by Gasteiger charge is 2.48. The normalized spacial score (nSPS) is 14.2. The van der Waals surface area contributed by atoms with E-state index in [1.54, 1.807) is 0 Å². The van der Waals surface area contributed by atoms with Gasteiger partial charge in [0.2, 0.25) is 0 Å². The van der Waals surface area contributed by atoms with Crippen LogP contribution in [0.2, 0.25) is 0 Å². The van der Waals surface area contributed by atoms with Crippen molar-refractivity contribution in [3.8, 4) is 0 Å². The molecule has 0 amide bonds. The molecule has 0 fully saturated rings. The van der Waals surface area contributed by atoms with Crippen LogP contribution in [0.1, 0.15) is 47.2 Å². The lowest BCUT2D eigenvalue weighted by Gasteiger charge is -2.50. The van der Waals surface area contributed by atoms with E-state index in [0.29, 0.717) is 0 Å². The molecule has 3 nitrogen and oxygen atoms in total. The van der Waals surface area contributed by atoms with Gasteiger partial charge in [0.1, 0.15) is 0 Å². The molecule has 3 heteroatoms. The van der Waals surface area contributed by atoms with E-state index in [1.807, 2.05) is 19.6 Å². The number of rotatable bonds is 3. The summed E-state index contributed by atoms with van der Waals surface area (Å²) in [6, 6.07) is 0. The Bertz CT molecular complexity index is 367. The minimum absolute atomic E-state index is 0.0312. The number of nitrogens with zero attached hydrogens (tertiary/aromatic N) is 2. The standard InChI is InChI=1S/C13H25N3/c1-11(2,10-8-15-9-16(10)7)12(3,4)13(5,6)14/h8-9H,14H2,1-7H3. The van der Waals surface area contributed by atoms with Crippen LogP contribution in [0, 0.1) is 5.41 Å². The van der Waals surface area contributed by atoms with Gasteiger partial charge < -0.3 is 10.3 Å². The lowest BCUT2D eigenvalue weighted by atomic mass is 9.57. The topological polar surface area (TPSA) is 43.8 Å². The number of nitrogens with two attached hydrogens (primary N) is 1. The molecule has 0 atom stereocenters. The molecule has 92 valence electrons. The van der Waals surface area contributed by atoms with E-state index < -0.39 is 0 Å². The minimum atomic E-state index is -0.249. The second-order valence-corrected chi connectivity index (χ2v) is 6.36. The number of imidazole rings is 1. The maximum atomic E-state index is 6.33. The van der Waals surface area contributed by atoms with Crippen LogP contribution in [0.5, 0.6) is 0 Å². The monoisotopic (exact) mass is 223 g/mol. The third-order valence-electron chi connectivity index (χ3n) is 4.63. The molecule has 1 aromatic heterocycles. The Morgan fingerprint density at radius 1 is 1.12 bits per heavy atom. The first-order valence-corrected chi connectivity index (χ1v) is 5.77. The van der Waals surface area contributed by atoms with Crippen LogP contribution in [-0.2, 0) is 12.5 Å². The van der Waals surface area contributed by atoms with Gasteiger partial charge in [0, 0.05) is 29.9 Å². The van der Waals surface area contributed by atoms with E-state index in [9.17, 15) is 0 Å². The lowest BCUT2D eigenvalue weighted by molar-refractivity contribution is 0.0921. The summed E-state index contributed by atoms with van der Waals surface area (Å²) in [6.45, 7) is 13.1. The molecular weight excluding hydrogens is 198 g/mol. The molecular formula is C13H25N3. The highest BCUT2D eigenvalue weighted by atomic mass is 15.0. The molecule has 0 radical (unpaired) electrons. The number of aromatic nitrogens is 2. The van der Waals surface area contributed by atoms with Crippen molar-refractivity contribution in [2.24, 2.45) is 18.2 Å². The fourth-order valence-corrected chi connectivity index (χ4v) is 2.09. The van der Waals surface area contributed by atoms with Crippen LogP contribution in [0.4, 0.5) is 0 Å². The highest BCUT2D eigenvalue weighted by Crippen LogP contribution is 2.46. The Kier molecular flexibility index (Phi) is 2.97. The third kappa shape index (κ3) is 1.77. The van der Waals surface area contributed by atoms with Crippen molar-refractivity contribution in [1.82, 2.24) is 9.55 Å². The first-order chi connectivity index (χ1) is 7.02. The van der Waals surface area contributed by atoms with Gasteiger partial charge in [-0.1, -0.05) is 27.7 Å². The predicted octanol–water partition coefficient (Wildman–Crippen LogP) is 2.46. The maximum Gasteiger partial charge on any atom is 0.0945 e. The van der Waals surface area contributed by atoms with E-state index in [4.69, 9.17) is 5.73 Å². The Hall–Kier alpha value is -0.830. The van der Waals surface area contributed by atoms with E-state index in [2.05, 4.69) is 51.1 Å². The summed E-state index contributed by atoms with van der Waals surface area (Å²) in [6.07, 6.45) is 3.78. The average Bonchev–Trinajstić information content (AvgIpc) is 2.49. The molecule has 1 rings (SSSR count). The van der Waals surface area contributed by atoms with Crippen LogP contribution in [0.15, 0.2) is 12.5 Å². The summed E-state index contributed by atoms with van der Waals surface area (Å²) in [4.78, 5) is 4.21. The van der Waals surface area contributed by atoms with Crippen LogP contribution >= 0.6 is 0 Å². The Balaban J connectivity index is 3.27. The van der Waals surface area contributed by atoms with Crippen LogP contribution in [-0.4, -0.2) is 15.1 Å². The Morgan fingerprint density at radius 3 is 1.94 bits per heavy atom. The Labute approximate surface area is 99.1 Å². The van der Waals surface area contributed by atoms with E-state index in [-0.39, 0.29) is 16.4 Å². The van der Waals surface area contributed by atoms with Crippen molar-refractivity contribution in [3.63, 3.8) is 0 Å². The van der Waals surface area contributed by atoms with Crippen molar-refractivity contribution in [3.05, 3.63) is 18.2 Å². The van der Waals surface area contributed by atoms with Gasteiger partial charge in [-0.05, 0) is 19.3 Å². The molecule has 16 heavy (non-hydrogen) atoms. The zero-order valence-electron chi connectivity index (χ0n) is 11.6. The minimum Gasteiger partial charge on any atom is -0.337 e. The van der Waals surface area contributed by atoms with Gasteiger partial charge in [-0.3, -0.25) is 0 Å². The smallest absolute Gasteiger partial charge is 0.0945 e. The van der Waals surface area contributed by atoms with Gasteiger partial charge in [-0.2, -0.15) is 0 Å². The number of aryl methyl sites for hydroxylation is 1. The van der Waals surface area contributed by atoms with Crippen LogP contribution in [0.3, 0.4) is 0 Å². The van der Waals surface area contributed by atoms with Crippen LogP contribution < -0.4 is 5.73 Å². The van der Waals surface area contributed by atoms with Gasteiger partial charge in [0.15, 0.2) is 0 Å². The van der Waals surface area contributed by atoms with Crippen molar-refractivity contribution in [1.29, 1.82) is 0 Å². The zero-order valence-corrected chi connectivity index (χ0v) is 11.6. The fourth-order valence-electron chi connectivity index (χ4n) is 2.09. The van der Waals surface area contributed by atoms with Gasteiger partial charge in [-0.15, -0.1) is 0 Å². The van der Waals surface area contributed by atoms with Crippen LogP contribution in [0.25, 0.3) is 0 Å². The van der Waals surface area contributed by atoms with Crippen molar-refractivity contribution >= 4 is 0 Å². The summed E-state index contributed by atoms with van der Waals surface area (Å²) in [5.41, 5.74) is 7.23. The lowest BCUT2D eigenvalue weighted by Crippen LogP contribution is -2.57.